The second-order valence-corrected chi connectivity index (χ2v) is 3.32. The SMILES string of the molecule is Nc1nccn1Cc1nccs1. The number of hydrogen-bond acceptors (Lipinski definition) is 4. The zero-order valence-electron chi connectivity index (χ0n) is 6.34. The van der Waals surface area contributed by atoms with Crippen LogP contribution >= 0.6 is 11.3 Å². The molecule has 2 N–H and O–H groups in total. The molecule has 62 valence electrons. The van der Waals surface area contributed by atoms with E-state index in [-0.39, 0.29) is 0 Å². The maximum Gasteiger partial charge on any atom is 0.200 e. The topological polar surface area (TPSA) is 56.7 Å². The summed E-state index contributed by atoms with van der Waals surface area (Å²) in [6.45, 7) is 0.712. The molecule has 0 atom stereocenters. The molecular weight excluding hydrogens is 172 g/mol. The molecule has 0 amide bonds. The third-order valence-electron chi connectivity index (χ3n) is 1.54. The van der Waals surface area contributed by atoms with Gasteiger partial charge in [0.15, 0.2) is 5.95 Å². The number of nitrogens with zero attached hydrogens (tertiary/aromatic N) is 3. The minimum Gasteiger partial charge on any atom is -0.369 e. The molecule has 0 unspecified atom stereocenters. The number of nitrogen functional groups attached to an aromatic ring is 1. The van der Waals surface area contributed by atoms with E-state index in [2.05, 4.69) is 9.97 Å². The molecule has 0 saturated carbocycles. The lowest BCUT2D eigenvalue weighted by Crippen LogP contribution is -2.02. The number of anilines is 1. The fourth-order valence-electron chi connectivity index (χ4n) is 0.951. The zero-order chi connectivity index (χ0) is 8.39. The maximum absolute atomic E-state index is 5.59. The van der Waals surface area contributed by atoms with E-state index in [1.54, 1.807) is 23.7 Å². The molecule has 0 spiro atoms. The Hall–Kier alpha value is -1.36. The lowest BCUT2D eigenvalue weighted by molar-refractivity contribution is 0.803. The normalized spacial score (nSPS) is 10.3. The van der Waals surface area contributed by atoms with Crippen molar-refractivity contribution in [2.75, 3.05) is 5.73 Å². The molecule has 2 heterocycles. The molecule has 12 heavy (non-hydrogen) atoms. The summed E-state index contributed by atoms with van der Waals surface area (Å²) in [7, 11) is 0. The summed E-state index contributed by atoms with van der Waals surface area (Å²) >= 11 is 1.61. The fraction of sp³-hybridized carbons (Fsp3) is 0.143. The third-order valence-corrected chi connectivity index (χ3v) is 2.30. The van der Waals surface area contributed by atoms with Crippen LogP contribution in [-0.2, 0) is 6.54 Å². The summed E-state index contributed by atoms with van der Waals surface area (Å²) in [6, 6.07) is 0. The van der Waals surface area contributed by atoms with Crippen LogP contribution in [0.25, 0.3) is 0 Å². The van der Waals surface area contributed by atoms with E-state index in [0.29, 0.717) is 12.5 Å². The molecular formula is C7H8N4S. The number of rotatable bonds is 2. The molecule has 0 fully saturated rings. The third kappa shape index (κ3) is 1.31. The second-order valence-electron chi connectivity index (χ2n) is 2.34. The van der Waals surface area contributed by atoms with Gasteiger partial charge in [-0.25, -0.2) is 9.97 Å². The Morgan fingerprint density at radius 2 is 2.33 bits per heavy atom. The van der Waals surface area contributed by atoms with Crippen LogP contribution in [0.2, 0.25) is 0 Å². The van der Waals surface area contributed by atoms with Crippen LogP contribution in [0.15, 0.2) is 24.0 Å². The molecule has 2 aromatic heterocycles. The van der Waals surface area contributed by atoms with Crippen molar-refractivity contribution in [2.45, 2.75) is 6.54 Å². The van der Waals surface area contributed by atoms with Crippen molar-refractivity contribution in [2.24, 2.45) is 0 Å². The highest BCUT2D eigenvalue weighted by molar-refractivity contribution is 7.09. The summed E-state index contributed by atoms with van der Waals surface area (Å²) in [5.41, 5.74) is 5.59. The van der Waals surface area contributed by atoms with E-state index in [1.807, 2.05) is 16.1 Å². The summed E-state index contributed by atoms with van der Waals surface area (Å²) in [5.74, 6) is 0.533. The highest BCUT2D eigenvalue weighted by Gasteiger charge is 1.99. The number of thiazole rings is 1. The van der Waals surface area contributed by atoms with Gasteiger partial charge in [0.2, 0.25) is 0 Å². The number of aromatic nitrogens is 3. The van der Waals surface area contributed by atoms with Gasteiger partial charge in [-0.05, 0) is 0 Å². The Kier molecular flexibility index (Phi) is 1.79. The van der Waals surface area contributed by atoms with Gasteiger partial charge in [-0.1, -0.05) is 0 Å². The molecule has 0 aromatic carbocycles. The summed E-state index contributed by atoms with van der Waals surface area (Å²) < 4.78 is 1.86. The molecule has 0 saturated heterocycles. The van der Waals surface area contributed by atoms with Crippen molar-refractivity contribution < 1.29 is 0 Å². The van der Waals surface area contributed by atoms with E-state index in [1.165, 1.54) is 0 Å². The van der Waals surface area contributed by atoms with Gasteiger partial charge in [-0.3, -0.25) is 0 Å². The van der Waals surface area contributed by atoms with Crippen LogP contribution in [-0.4, -0.2) is 14.5 Å². The van der Waals surface area contributed by atoms with Gasteiger partial charge in [-0.15, -0.1) is 11.3 Å². The van der Waals surface area contributed by atoms with Gasteiger partial charge in [-0.2, -0.15) is 0 Å². The monoisotopic (exact) mass is 180 g/mol. The molecule has 0 aliphatic rings. The second kappa shape index (κ2) is 2.94. The van der Waals surface area contributed by atoms with Crippen LogP contribution < -0.4 is 5.73 Å². The van der Waals surface area contributed by atoms with Gasteiger partial charge < -0.3 is 10.3 Å². The van der Waals surface area contributed by atoms with Crippen molar-refractivity contribution in [3.63, 3.8) is 0 Å². The smallest absolute Gasteiger partial charge is 0.200 e. The molecule has 0 bridgehead atoms. The fourth-order valence-corrected chi connectivity index (χ4v) is 1.57. The number of imidazole rings is 1. The number of hydrogen-bond donors (Lipinski definition) is 1. The molecule has 2 rings (SSSR count). The summed E-state index contributed by atoms with van der Waals surface area (Å²) in [4.78, 5) is 8.06. The summed E-state index contributed by atoms with van der Waals surface area (Å²) in [5, 5.41) is 2.99. The van der Waals surface area contributed by atoms with Crippen molar-refractivity contribution in [1.29, 1.82) is 0 Å². The minimum atomic E-state index is 0.533. The molecule has 0 aliphatic carbocycles. The molecule has 0 radical (unpaired) electrons. The van der Waals surface area contributed by atoms with Gasteiger partial charge in [0.05, 0.1) is 6.54 Å². The van der Waals surface area contributed by atoms with Crippen LogP contribution in [0.1, 0.15) is 5.01 Å². The van der Waals surface area contributed by atoms with Gasteiger partial charge >= 0.3 is 0 Å². The first-order chi connectivity index (χ1) is 5.86. The Morgan fingerprint density at radius 1 is 1.42 bits per heavy atom. The Morgan fingerprint density at radius 3 is 2.92 bits per heavy atom. The molecule has 0 aliphatic heterocycles. The first kappa shape index (κ1) is 7.30. The number of nitrogens with two attached hydrogens (primary N) is 1. The van der Waals surface area contributed by atoms with E-state index < -0.39 is 0 Å². The predicted molar refractivity (Wildman–Crippen MR) is 47.9 cm³/mol. The van der Waals surface area contributed by atoms with E-state index in [0.717, 1.165) is 5.01 Å². The maximum atomic E-state index is 5.59. The molecule has 5 heteroatoms. The lowest BCUT2D eigenvalue weighted by atomic mass is 10.6. The first-order valence-corrected chi connectivity index (χ1v) is 4.39. The minimum absolute atomic E-state index is 0.533. The Balaban J connectivity index is 2.20. The Bertz CT molecular complexity index is 351. The van der Waals surface area contributed by atoms with Crippen molar-refractivity contribution in [3.05, 3.63) is 29.0 Å². The highest BCUT2D eigenvalue weighted by atomic mass is 32.1. The van der Waals surface area contributed by atoms with Gasteiger partial charge in [0, 0.05) is 24.0 Å². The van der Waals surface area contributed by atoms with Crippen molar-refractivity contribution >= 4 is 17.3 Å². The van der Waals surface area contributed by atoms with E-state index in [4.69, 9.17) is 5.73 Å². The van der Waals surface area contributed by atoms with Crippen molar-refractivity contribution in [3.8, 4) is 0 Å². The molecule has 2 aromatic rings. The van der Waals surface area contributed by atoms with Gasteiger partial charge in [0.1, 0.15) is 5.01 Å². The van der Waals surface area contributed by atoms with Crippen LogP contribution in [0.5, 0.6) is 0 Å². The predicted octanol–water partition coefficient (Wildman–Crippen LogP) is 0.970. The van der Waals surface area contributed by atoms with Crippen molar-refractivity contribution in [1.82, 2.24) is 14.5 Å². The molecule has 4 nitrogen and oxygen atoms in total. The lowest BCUT2D eigenvalue weighted by Gasteiger charge is -1.99. The van der Waals surface area contributed by atoms with E-state index >= 15 is 0 Å². The van der Waals surface area contributed by atoms with Crippen LogP contribution in [0.3, 0.4) is 0 Å². The standard InChI is InChI=1S/C7H8N4S/c8-7-10-1-3-11(7)5-6-9-2-4-12-6/h1-4H,5H2,(H2,8,10). The Labute approximate surface area is 73.7 Å². The van der Waals surface area contributed by atoms with Gasteiger partial charge in [0.25, 0.3) is 0 Å². The van der Waals surface area contributed by atoms with E-state index in [9.17, 15) is 0 Å². The average molecular weight is 180 g/mol. The zero-order valence-corrected chi connectivity index (χ0v) is 7.16. The van der Waals surface area contributed by atoms with Crippen LogP contribution in [0, 0.1) is 0 Å². The highest BCUT2D eigenvalue weighted by Crippen LogP contribution is 2.08. The summed E-state index contributed by atoms with van der Waals surface area (Å²) in [6.07, 6.45) is 5.31. The largest absolute Gasteiger partial charge is 0.369 e. The first-order valence-electron chi connectivity index (χ1n) is 3.51. The van der Waals surface area contributed by atoms with Crippen LogP contribution in [0.4, 0.5) is 5.95 Å². The average Bonchev–Trinajstić information content (AvgIpc) is 2.65. The quantitative estimate of drug-likeness (QED) is 0.749.